The van der Waals surface area contributed by atoms with Crippen molar-refractivity contribution in [2.45, 2.75) is 6.92 Å². The van der Waals surface area contributed by atoms with E-state index in [9.17, 15) is 9.59 Å². The number of benzene rings is 1. The number of hydroxylamine groups is 2. The number of carbonyl (C=O) groups is 2. The third kappa shape index (κ3) is 3.07. The van der Waals surface area contributed by atoms with Crippen molar-refractivity contribution in [1.29, 1.82) is 0 Å². The Morgan fingerprint density at radius 1 is 1.06 bits per heavy atom. The fourth-order valence-electron chi connectivity index (χ4n) is 1.84. The van der Waals surface area contributed by atoms with E-state index in [4.69, 9.17) is 4.84 Å². The first-order valence-corrected chi connectivity index (χ1v) is 5.94. The van der Waals surface area contributed by atoms with E-state index in [0.29, 0.717) is 31.7 Å². The fraction of sp³-hybridized carbons (Fsp3) is 0.385. The van der Waals surface area contributed by atoms with Gasteiger partial charge in [-0.2, -0.15) is 0 Å². The Morgan fingerprint density at radius 3 is 2.22 bits per heavy atom. The lowest BCUT2D eigenvalue weighted by Gasteiger charge is -2.32. The van der Waals surface area contributed by atoms with Gasteiger partial charge in [0.15, 0.2) is 0 Å². The SMILES string of the molecule is CC(=O)N1CCN(OC(=O)c2ccccc2)CC1. The highest BCUT2D eigenvalue weighted by Crippen LogP contribution is 2.07. The van der Waals surface area contributed by atoms with Gasteiger partial charge in [0.1, 0.15) is 0 Å². The van der Waals surface area contributed by atoms with Crippen molar-refractivity contribution >= 4 is 11.9 Å². The van der Waals surface area contributed by atoms with Gasteiger partial charge >= 0.3 is 5.97 Å². The molecule has 1 amide bonds. The van der Waals surface area contributed by atoms with Gasteiger partial charge in [-0.05, 0) is 12.1 Å². The first-order chi connectivity index (χ1) is 8.66. The van der Waals surface area contributed by atoms with Crippen LogP contribution in [-0.4, -0.2) is 48.0 Å². The van der Waals surface area contributed by atoms with Crippen molar-refractivity contribution in [3.8, 4) is 0 Å². The van der Waals surface area contributed by atoms with E-state index in [2.05, 4.69) is 0 Å². The molecule has 0 radical (unpaired) electrons. The number of carbonyl (C=O) groups excluding carboxylic acids is 2. The van der Waals surface area contributed by atoms with Crippen LogP contribution >= 0.6 is 0 Å². The van der Waals surface area contributed by atoms with Crippen LogP contribution in [0.4, 0.5) is 0 Å². The van der Waals surface area contributed by atoms with E-state index in [1.54, 1.807) is 41.2 Å². The molecule has 18 heavy (non-hydrogen) atoms. The maximum atomic E-state index is 11.8. The minimum Gasteiger partial charge on any atom is -0.364 e. The van der Waals surface area contributed by atoms with Gasteiger partial charge in [-0.25, -0.2) is 4.79 Å². The quantitative estimate of drug-likeness (QED) is 0.781. The van der Waals surface area contributed by atoms with Crippen molar-refractivity contribution in [3.05, 3.63) is 35.9 Å². The summed E-state index contributed by atoms with van der Waals surface area (Å²) in [4.78, 5) is 29.9. The highest BCUT2D eigenvalue weighted by Gasteiger charge is 2.21. The van der Waals surface area contributed by atoms with Gasteiger partial charge in [-0.3, -0.25) is 4.79 Å². The second kappa shape index (κ2) is 5.64. The molecular weight excluding hydrogens is 232 g/mol. The largest absolute Gasteiger partial charge is 0.364 e. The molecule has 0 atom stereocenters. The van der Waals surface area contributed by atoms with Crippen molar-refractivity contribution in [1.82, 2.24) is 9.96 Å². The van der Waals surface area contributed by atoms with E-state index in [-0.39, 0.29) is 11.9 Å². The van der Waals surface area contributed by atoms with Crippen LogP contribution in [0.25, 0.3) is 0 Å². The van der Waals surface area contributed by atoms with Gasteiger partial charge in [-0.15, -0.1) is 5.06 Å². The maximum Gasteiger partial charge on any atom is 0.357 e. The second-order valence-electron chi connectivity index (χ2n) is 4.18. The molecule has 5 nitrogen and oxygen atoms in total. The summed E-state index contributed by atoms with van der Waals surface area (Å²) >= 11 is 0. The summed E-state index contributed by atoms with van der Waals surface area (Å²) < 4.78 is 0. The zero-order valence-corrected chi connectivity index (χ0v) is 10.3. The van der Waals surface area contributed by atoms with Gasteiger partial charge in [-0.1, -0.05) is 18.2 Å². The average Bonchev–Trinajstić information content (AvgIpc) is 2.40. The lowest BCUT2D eigenvalue weighted by atomic mass is 10.2. The normalized spacial score (nSPS) is 16.4. The number of hydrogen-bond donors (Lipinski definition) is 0. The number of hydrogen-bond acceptors (Lipinski definition) is 4. The summed E-state index contributed by atoms with van der Waals surface area (Å²) in [7, 11) is 0. The molecule has 96 valence electrons. The standard InChI is InChI=1S/C13H16N2O3/c1-11(16)14-7-9-15(10-8-14)18-13(17)12-5-3-2-4-6-12/h2-6H,7-10H2,1H3. The summed E-state index contributed by atoms with van der Waals surface area (Å²) in [6, 6.07) is 8.87. The van der Waals surface area contributed by atoms with Crippen LogP contribution in [0.15, 0.2) is 30.3 Å². The predicted octanol–water partition coefficient (Wildman–Crippen LogP) is 0.923. The van der Waals surface area contributed by atoms with E-state index in [1.165, 1.54) is 0 Å². The van der Waals surface area contributed by atoms with Crippen molar-refractivity contribution in [2.75, 3.05) is 26.2 Å². The predicted molar refractivity (Wildman–Crippen MR) is 65.7 cm³/mol. The topological polar surface area (TPSA) is 49.9 Å². The van der Waals surface area contributed by atoms with Crippen LogP contribution in [0.2, 0.25) is 0 Å². The summed E-state index contributed by atoms with van der Waals surface area (Å²) in [6.45, 7) is 3.84. The van der Waals surface area contributed by atoms with Crippen LogP contribution < -0.4 is 0 Å². The van der Waals surface area contributed by atoms with Gasteiger partial charge in [0.25, 0.3) is 0 Å². The molecule has 1 saturated heterocycles. The van der Waals surface area contributed by atoms with E-state index in [0.717, 1.165) is 0 Å². The molecule has 0 bridgehead atoms. The zero-order chi connectivity index (χ0) is 13.0. The molecule has 1 heterocycles. The average molecular weight is 248 g/mol. The molecule has 1 aromatic carbocycles. The minimum atomic E-state index is -0.355. The van der Waals surface area contributed by atoms with E-state index in [1.807, 2.05) is 6.07 Å². The van der Waals surface area contributed by atoms with Gasteiger partial charge in [0, 0.05) is 20.0 Å². The van der Waals surface area contributed by atoms with E-state index >= 15 is 0 Å². The minimum absolute atomic E-state index is 0.0593. The maximum absolute atomic E-state index is 11.8. The molecular formula is C13H16N2O3. The van der Waals surface area contributed by atoms with Crippen LogP contribution in [0.1, 0.15) is 17.3 Å². The number of nitrogens with zero attached hydrogens (tertiary/aromatic N) is 2. The number of piperazine rings is 1. The Kier molecular flexibility index (Phi) is 3.94. The first kappa shape index (κ1) is 12.6. The summed E-state index contributed by atoms with van der Waals surface area (Å²) in [6.07, 6.45) is 0. The number of rotatable bonds is 2. The lowest BCUT2D eigenvalue weighted by molar-refractivity contribution is -0.147. The molecule has 5 heteroatoms. The number of amides is 1. The van der Waals surface area contributed by atoms with Crippen molar-refractivity contribution in [3.63, 3.8) is 0 Å². The smallest absolute Gasteiger partial charge is 0.357 e. The van der Waals surface area contributed by atoms with Crippen molar-refractivity contribution in [2.24, 2.45) is 0 Å². The molecule has 0 saturated carbocycles. The molecule has 0 spiro atoms. The lowest BCUT2D eigenvalue weighted by Crippen LogP contribution is -2.48. The molecule has 0 aliphatic carbocycles. The van der Waals surface area contributed by atoms with Crippen LogP contribution in [0, 0.1) is 0 Å². The first-order valence-electron chi connectivity index (χ1n) is 5.94. The molecule has 1 aliphatic rings. The highest BCUT2D eigenvalue weighted by atomic mass is 16.7. The Hall–Kier alpha value is -1.88. The fourth-order valence-corrected chi connectivity index (χ4v) is 1.84. The van der Waals surface area contributed by atoms with Crippen LogP contribution in [0.3, 0.4) is 0 Å². The van der Waals surface area contributed by atoms with Crippen LogP contribution in [-0.2, 0) is 9.63 Å². The van der Waals surface area contributed by atoms with Gasteiger partial charge < -0.3 is 9.74 Å². The van der Waals surface area contributed by atoms with Gasteiger partial charge in [0.2, 0.25) is 5.91 Å². The van der Waals surface area contributed by atoms with Gasteiger partial charge in [0.05, 0.1) is 18.7 Å². The summed E-state index contributed by atoms with van der Waals surface area (Å²) in [5.74, 6) is -0.295. The molecule has 1 aliphatic heterocycles. The van der Waals surface area contributed by atoms with E-state index < -0.39 is 0 Å². The Bertz CT molecular complexity index is 425. The second-order valence-corrected chi connectivity index (χ2v) is 4.18. The molecule has 1 aromatic rings. The van der Waals surface area contributed by atoms with Crippen LogP contribution in [0.5, 0.6) is 0 Å². The zero-order valence-electron chi connectivity index (χ0n) is 10.3. The molecule has 2 rings (SSSR count). The Labute approximate surface area is 106 Å². The van der Waals surface area contributed by atoms with Crippen molar-refractivity contribution < 1.29 is 14.4 Å². The Balaban J connectivity index is 1.85. The molecule has 0 aromatic heterocycles. The third-order valence-corrected chi connectivity index (χ3v) is 2.91. The molecule has 0 unspecified atom stereocenters. The molecule has 0 N–H and O–H groups in total. The molecule has 1 fully saturated rings. The Morgan fingerprint density at radius 2 is 1.67 bits per heavy atom. The third-order valence-electron chi connectivity index (χ3n) is 2.91. The highest BCUT2D eigenvalue weighted by molar-refractivity contribution is 5.89. The monoisotopic (exact) mass is 248 g/mol. The summed E-state index contributed by atoms with van der Waals surface area (Å²) in [5.41, 5.74) is 0.534. The summed E-state index contributed by atoms with van der Waals surface area (Å²) in [5, 5.41) is 1.61.